The smallest absolute Gasteiger partial charge is 0.228 e. The molecule has 24 heavy (non-hydrogen) atoms. The molecule has 0 aliphatic carbocycles. The van der Waals surface area contributed by atoms with Gasteiger partial charge in [-0.05, 0) is 41.3 Å². The standard InChI is InChI=1S/C19H19ClN2O2/c1-13(23)22-9-8-14-6-7-17(10-16(14)12-22)21-19(24)11-15-4-2-3-5-18(15)20/h2-7,10H,8-9,11-12H2,1H3,(H,21,24). The molecule has 1 N–H and O–H groups in total. The van der Waals surface area contributed by atoms with Gasteiger partial charge in [0.2, 0.25) is 11.8 Å². The highest BCUT2D eigenvalue weighted by Gasteiger charge is 2.18. The van der Waals surface area contributed by atoms with Crippen molar-refractivity contribution in [2.45, 2.75) is 26.3 Å². The van der Waals surface area contributed by atoms with E-state index in [2.05, 4.69) is 5.32 Å². The van der Waals surface area contributed by atoms with E-state index in [9.17, 15) is 9.59 Å². The van der Waals surface area contributed by atoms with Crippen LogP contribution in [0.3, 0.4) is 0 Å². The van der Waals surface area contributed by atoms with Gasteiger partial charge in [0.25, 0.3) is 0 Å². The molecule has 2 aromatic carbocycles. The Morgan fingerprint density at radius 3 is 2.71 bits per heavy atom. The summed E-state index contributed by atoms with van der Waals surface area (Å²) >= 11 is 6.09. The molecule has 0 fully saturated rings. The van der Waals surface area contributed by atoms with E-state index < -0.39 is 0 Å². The molecule has 0 atom stereocenters. The topological polar surface area (TPSA) is 49.4 Å². The lowest BCUT2D eigenvalue weighted by atomic mass is 9.99. The maximum atomic E-state index is 12.2. The first-order valence-corrected chi connectivity index (χ1v) is 8.31. The monoisotopic (exact) mass is 342 g/mol. The third-order valence-electron chi connectivity index (χ3n) is 4.26. The molecular weight excluding hydrogens is 324 g/mol. The summed E-state index contributed by atoms with van der Waals surface area (Å²) in [7, 11) is 0. The number of rotatable bonds is 3. The zero-order valence-electron chi connectivity index (χ0n) is 13.5. The summed E-state index contributed by atoms with van der Waals surface area (Å²) in [5, 5.41) is 3.50. The number of hydrogen-bond donors (Lipinski definition) is 1. The molecule has 0 radical (unpaired) electrons. The van der Waals surface area contributed by atoms with Crippen LogP contribution in [0.4, 0.5) is 5.69 Å². The molecule has 0 saturated carbocycles. The summed E-state index contributed by atoms with van der Waals surface area (Å²) < 4.78 is 0. The minimum absolute atomic E-state index is 0.0776. The van der Waals surface area contributed by atoms with Gasteiger partial charge in [-0.1, -0.05) is 35.9 Å². The van der Waals surface area contributed by atoms with Crippen LogP contribution in [0.5, 0.6) is 0 Å². The van der Waals surface area contributed by atoms with Crippen molar-refractivity contribution in [2.75, 3.05) is 11.9 Å². The van der Waals surface area contributed by atoms with Gasteiger partial charge in [0.05, 0.1) is 6.42 Å². The van der Waals surface area contributed by atoms with Crippen molar-refractivity contribution >= 4 is 29.1 Å². The van der Waals surface area contributed by atoms with Crippen molar-refractivity contribution in [3.8, 4) is 0 Å². The first-order chi connectivity index (χ1) is 11.5. The van der Waals surface area contributed by atoms with Crippen molar-refractivity contribution in [1.82, 2.24) is 4.90 Å². The maximum absolute atomic E-state index is 12.2. The highest BCUT2D eigenvalue weighted by Crippen LogP contribution is 2.23. The van der Waals surface area contributed by atoms with Gasteiger partial charge in [0.15, 0.2) is 0 Å². The number of anilines is 1. The van der Waals surface area contributed by atoms with Crippen molar-refractivity contribution in [2.24, 2.45) is 0 Å². The average molecular weight is 343 g/mol. The van der Waals surface area contributed by atoms with Crippen molar-refractivity contribution < 1.29 is 9.59 Å². The first-order valence-electron chi connectivity index (χ1n) is 7.93. The van der Waals surface area contributed by atoms with E-state index >= 15 is 0 Å². The minimum atomic E-state index is -0.109. The summed E-state index contributed by atoms with van der Waals surface area (Å²) in [6, 6.07) is 13.2. The van der Waals surface area contributed by atoms with Crippen LogP contribution < -0.4 is 5.32 Å². The summed E-state index contributed by atoms with van der Waals surface area (Å²) in [5.41, 5.74) is 3.87. The number of carbonyl (C=O) groups is 2. The third-order valence-corrected chi connectivity index (χ3v) is 4.63. The molecule has 1 heterocycles. The SMILES string of the molecule is CC(=O)N1CCc2ccc(NC(=O)Cc3ccccc3Cl)cc2C1. The van der Waals surface area contributed by atoms with Gasteiger partial charge in [-0.2, -0.15) is 0 Å². The third kappa shape index (κ3) is 3.77. The van der Waals surface area contributed by atoms with E-state index in [0.29, 0.717) is 11.6 Å². The molecule has 4 nitrogen and oxygen atoms in total. The number of amides is 2. The molecule has 0 aromatic heterocycles. The molecule has 2 aromatic rings. The van der Waals surface area contributed by atoms with E-state index in [1.165, 1.54) is 5.56 Å². The van der Waals surface area contributed by atoms with Gasteiger partial charge in [-0.3, -0.25) is 9.59 Å². The van der Waals surface area contributed by atoms with Crippen molar-refractivity contribution in [3.63, 3.8) is 0 Å². The van der Waals surface area contributed by atoms with Crippen LogP contribution in [0.25, 0.3) is 0 Å². The van der Waals surface area contributed by atoms with Gasteiger partial charge in [-0.25, -0.2) is 0 Å². The second kappa shape index (κ2) is 7.05. The van der Waals surface area contributed by atoms with E-state index in [-0.39, 0.29) is 18.2 Å². The highest BCUT2D eigenvalue weighted by molar-refractivity contribution is 6.31. The molecule has 3 rings (SSSR count). The highest BCUT2D eigenvalue weighted by atomic mass is 35.5. The number of fused-ring (bicyclic) bond motifs is 1. The molecule has 1 aliphatic rings. The molecule has 1 aliphatic heterocycles. The van der Waals surface area contributed by atoms with Crippen LogP contribution in [-0.4, -0.2) is 23.3 Å². The van der Waals surface area contributed by atoms with Gasteiger partial charge in [-0.15, -0.1) is 0 Å². The van der Waals surface area contributed by atoms with Crippen LogP contribution in [0, 0.1) is 0 Å². The predicted molar refractivity (Wildman–Crippen MR) is 95.0 cm³/mol. The lowest BCUT2D eigenvalue weighted by Crippen LogP contribution is -2.34. The minimum Gasteiger partial charge on any atom is -0.338 e. The molecule has 0 unspecified atom stereocenters. The summed E-state index contributed by atoms with van der Waals surface area (Å²) in [4.78, 5) is 25.6. The zero-order valence-corrected chi connectivity index (χ0v) is 14.3. The summed E-state index contributed by atoms with van der Waals surface area (Å²) in [6.45, 7) is 2.93. The first kappa shape index (κ1) is 16.5. The quantitative estimate of drug-likeness (QED) is 0.929. The van der Waals surface area contributed by atoms with Gasteiger partial charge < -0.3 is 10.2 Å². The second-order valence-corrected chi connectivity index (χ2v) is 6.40. The zero-order chi connectivity index (χ0) is 17.1. The van der Waals surface area contributed by atoms with Crippen LogP contribution in [-0.2, 0) is 29.0 Å². The second-order valence-electron chi connectivity index (χ2n) is 5.99. The van der Waals surface area contributed by atoms with E-state index in [4.69, 9.17) is 11.6 Å². The summed E-state index contributed by atoms with van der Waals surface area (Å²) in [5.74, 6) is -0.0314. The fraction of sp³-hybridized carbons (Fsp3) is 0.263. The molecule has 5 heteroatoms. The Kier molecular flexibility index (Phi) is 4.86. The Morgan fingerprint density at radius 1 is 1.17 bits per heavy atom. The molecular formula is C19H19ClN2O2. The van der Waals surface area contributed by atoms with Crippen LogP contribution in [0.15, 0.2) is 42.5 Å². The van der Waals surface area contributed by atoms with Gasteiger partial charge >= 0.3 is 0 Å². The fourth-order valence-electron chi connectivity index (χ4n) is 2.92. The predicted octanol–water partition coefficient (Wildman–Crippen LogP) is 3.43. The van der Waals surface area contributed by atoms with Crippen molar-refractivity contribution in [3.05, 3.63) is 64.2 Å². The number of nitrogens with one attached hydrogen (secondary N) is 1. The van der Waals surface area contributed by atoms with Crippen LogP contribution in [0.2, 0.25) is 5.02 Å². The van der Waals surface area contributed by atoms with E-state index in [1.807, 2.05) is 41.3 Å². The lowest BCUT2D eigenvalue weighted by molar-refractivity contribution is -0.129. The number of benzene rings is 2. The fourth-order valence-corrected chi connectivity index (χ4v) is 3.13. The Labute approximate surface area is 146 Å². The lowest BCUT2D eigenvalue weighted by Gasteiger charge is -2.28. The Bertz CT molecular complexity index is 789. The maximum Gasteiger partial charge on any atom is 0.228 e. The van der Waals surface area contributed by atoms with Gasteiger partial charge in [0.1, 0.15) is 0 Å². The number of carbonyl (C=O) groups excluding carboxylic acids is 2. The summed E-state index contributed by atoms with van der Waals surface area (Å²) in [6.07, 6.45) is 1.08. The van der Waals surface area contributed by atoms with Crippen molar-refractivity contribution in [1.29, 1.82) is 0 Å². The van der Waals surface area contributed by atoms with E-state index in [1.54, 1.807) is 13.0 Å². The van der Waals surface area contributed by atoms with E-state index in [0.717, 1.165) is 29.8 Å². The molecule has 0 saturated heterocycles. The van der Waals surface area contributed by atoms with Crippen LogP contribution >= 0.6 is 11.6 Å². The Morgan fingerprint density at radius 2 is 1.96 bits per heavy atom. The van der Waals surface area contributed by atoms with Crippen LogP contribution in [0.1, 0.15) is 23.6 Å². The molecule has 124 valence electrons. The average Bonchev–Trinajstić information content (AvgIpc) is 2.56. The molecule has 0 spiro atoms. The Hall–Kier alpha value is -2.33. The largest absolute Gasteiger partial charge is 0.338 e. The van der Waals surface area contributed by atoms with Gasteiger partial charge in [0, 0.05) is 30.7 Å². The Balaban J connectivity index is 1.70. The number of nitrogens with zero attached hydrogens (tertiary/aromatic N) is 1. The number of hydrogen-bond acceptors (Lipinski definition) is 2. The molecule has 2 amide bonds. The normalized spacial score (nSPS) is 13.3. The molecule has 0 bridgehead atoms. The number of halogens is 1.